The molecule has 0 radical (unpaired) electrons. The second kappa shape index (κ2) is 5.27. The summed E-state index contributed by atoms with van der Waals surface area (Å²) in [7, 11) is 0. The normalized spacial score (nSPS) is 10.9. The van der Waals surface area contributed by atoms with E-state index in [1.807, 2.05) is 43.3 Å². The highest BCUT2D eigenvalue weighted by Crippen LogP contribution is 2.16. The Morgan fingerprint density at radius 3 is 2.67 bits per heavy atom. The molecule has 0 saturated carbocycles. The van der Waals surface area contributed by atoms with Crippen molar-refractivity contribution in [3.05, 3.63) is 58.0 Å². The molecule has 5 heteroatoms. The molecule has 0 atom stereocenters. The molecule has 2 rings (SSSR count). The van der Waals surface area contributed by atoms with Crippen LogP contribution >= 0.6 is 0 Å². The van der Waals surface area contributed by atoms with Crippen molar-refractivity contribution in [2.45, 2.75) is 13.5 Å². The van der Waals surface area contributed by atoms with E-state index in [0.29, 0.717) is 12.4 Å². The quantitative estimate of drug-likeness (QED) is 0.612. The highest BCUT2D eigenvalue weighted by molar-refractivity contribution is 5.67. The summed E-state index contributed by atoms with van der Waals surface area (Å²) >= 11 is 0. The first kappa shape index (κ1) is 12.0. The van der Waals surface area contributed by atoms with Gasteiger partial charge in [0.15, 0.2) is 0 Å². The van der Waals surface area contributed by atoms with Crippen LogP contribution in [0.1, 0.15) is 18.3 Å². The minimum Gasteiger partial charge on any atom is -0.358 e. The van der Waals surface area contributed by atoms with Gasteiger partial charge in [-0.05, 0) is 23.5 Å². The Morgan fingerprint density at radius 1 is 1.33 bits per heavy atom. The number of benzene rings is 1. The first-order valence-electron chi connectivity index (χ1n) is 5.65. The van der Waals surface area contributed by atoms with E-state index < -0.39 is 4.92 Å². The first-order valence-corrected chi connectivity index (χ1v) is 5.65. The molecule has 0 unspecified atom stereocenters. The van der Waals surface area contributed by atoms with E-state index in [1.54, 1.807) is 10.6 Å². The van der Waals surface area contributed by atoms with Gasteiger partial charge in [0, 0.05) is 6.08 Å². The fourth-order valence-electron chi connectivity index (χ4n) is 1.72. The van der Waals surface area contributed by atoms with Crippen LogP contribution in [-0.4, -0.2) is 14.5 Å². The summed E-state index contributed by atoms with van der Waals surface area (Å²) in [6.45, 7) is 2.37. The molecule has 0 spiro atoms. The van der Waals surface area contributed by atoms with Crippen LogP contribution in [0.2, 0.25) is 0 Å². The molecule has 1 aromatic heterocycles. The van der Waals surface area contributed by atoms with Gasteiger partial charge in [-0.25, -0.2) is 9.55 Å². The Hall–Kier alpha value is -2.43. The second-order valence-corrected chi connectivity index (χ2v) is 3.72. The molecule has 18 heavy (non-hydrogen) atoms. The van der Waals surface area contributed by atoms with Gasteiger partial charge >= 0.3 is 5.82 Å². The summed E-state index contributed by atoms with van der Waals surface area (Å²) in [5, 5.41) is 10.8. The molecule has 0 fully saturated rings. The Bertz CT molecular complexity index is 573. The maximum atomic E-state index is 10.8. The van der Waals surface area contributed by atoms with Crippen molar-refractivity contribution in [1.29, 1.82) is 0 Å². The third-order valence-corrected chi connectivity index (χ3v) is 2.59. The van der Waals surface area contributed by atoms with Gasteiger partial charge in [0.05, 0.1) is 6.54 Å². The number of imidazole rings is 1. The lowest BCUT2D eigenvalue weighted by Crippen LogP contribution is -2.02. The Balaban J connectivity index is 2.30. The largest absolute Gasteiger partial charge is 0.358 e. The van der Waals surface area contributed by atoms with Gasteiger partial charge in [-0.2, -0.15) is 0 Å². The highest BCUT2D eigenvalue weighted by Gasteiger charge is 2.16. The van der Waals surface area contributed by atoms with Crippen LogP contribution in [0.25, 0.3) is 12.2 Å². The lowest BCUT2D eigenvalue weighted by atomic mass is 10.2. The minimum atomic E-state index is -0.420. The average molecular weight is 243 g/mol. The number of hydrogen-bond acceptors (Lipinski definition) is 3. The van der Waals surface area contributed by atoms with Crippen LogP contribution in [0, 0.1) is 10.1 Å². The summed E-state index contributed by atoms with van der Waals surface area (Å²) in [6.07, 6.45) is 4.96. The first-order chi connectivity index (χ1) is 8.72. The number of aromatic nitrogens is 2. The van der Waals surface area contributed by atoms with E-state index >= 15 is 0 Å². The van der Waals surface area contributed by atoms with Gasteiger partial charge in [0.25, 0.3) is 0 Å². The predicted octanol–water partition coefficient (Wildman–Crippen LogP) is 2.98. The summed E-state index contributed by atoms with van der Waals surface area (Å²) in [5.74, 6) is 0.610. The molecule has 1 heterocycles. The molecule has 0 aliphatic heterocycles. The summed E-state index contributed by atoms with van der Waals surface area (Å²) in [5.41, 5.74) is 1.03. The van der Waals surface area contributed by atoms with Gasteiger partial charge in [0.1, 0.15) is 6.20 Å². The number of nitro groups is 1. The van der Waals surface area contributed by atoms with Crippen LogP contribution in [0.5, 0.6) is 0 Å². The molecular weight excluding hydrogens is 230 g/mol. The molecule has 0 amide bonds. The minimum absolute atomic E-state index is 0.0187. The molecule has 1 aromatic carbocycles. The van der Waals surface area contributed by atoms with Crippen molar-refractivity contribution in [3.8, 4) is 0 Å². The van der Waals surface area contributed by atoms with Crippen LogP contribution in [0.3, 0.4) is 0 Å². The maximum absolute atomic E-state index is 10.8. The molecule has 5 nitrogen and oxygen atoms in total. The molecule has 0 saturated heterocycles. The number of rotatable bonds is 4. The highest BCUT2D eigenvalue weighted by atomic mass is 16.6. The van der Waals surface area contributed by atoms with Crippen molar-refractivity contribution >= 4 is 18.0 Å². The van der Waals surface area contributed by atoms with Gasteiger partial charge in [-0.3, -0.25) is 0 Å². The fraction of sp³-hybridized carbons (Fsp3) is 0.154. The van der Waals surface area contributed by atoms with Gasteiger partial charge < -0.3 is 10.1 Å². The smallest absolute Gasteiger partial charge is 0.343 e. The maximum Gasteiger partial charge on any atom is 0.343 e. The van der Waals surface area contributed by atoms with E-state index in [0.717, 1.165) is 5.56 Å². The van der Waals surface area contributed by atoms with Crippen molar-refractivity contribution in [2.75, 3.05) is 0 Å². The molecule has 0 aliphatic rings. The summed E-state index contributed by atoms with van der Waals surface area (Å²) in [6, 6.07) is 9.74. The lowest BCUT2D eigenvalue weighted by molar-refractivity contribution is -0.392. The van der Waals surface area contributed by atoms with Crippen molar-refractivity contribution in [3.63, 3.8) is 0 Å². The van der Waals surface area contributed by atoms with E-state index in [4.69, 9.17) is 0 Å². The molecule has 92 valence electrons. The van der Waals surface area contributed by atoms with Crippen LogP contribution in [0.15, 0.2) is 36.5 Å². The standard InChI is InChI=1S/C13H13N3O2/c1-2-15-12(14-10-13(15)16(17)18)9-8-11-6-4-3-5-7-11/h3-10H,2H2,1H3/b9-8+. The molecular formula is C13H13N3O2. The SMILES string of the molecule is CCn1c([N+](=O)[O-])cnc1/C=C/c1ccccc1. The van der Waals surface area contributed by atoms with E-state index in [1.165, 1.54) is 6.20 Å². The lowest BCUT2D eigenvalue weighted by Gasteiger charge is -1.98. The third kappa shape index (κ3) is 2.45. The fourth-order valence-corrected chi connectivity index (χ4v) is 1.72. The van der Waals surface area contributed by atoms with Gasteiger partial charge in [-0.1, -0.05) is 30.3 Å². The molecule has 2 aromatic rings. The van der Waals surface area contributed by atoms with E-state index in [9.17, 15) is 10.1 Å². The Morgan fingerprint density at radius 2 is 2.06 bits per heavy atom. The molecule has 0 aliphatic carbocycles. The molecule has 0 N–H and O–H groups in total. The van der Waals surface area contributed by atoms with E-state index in [-0.39, 0.29) is 5.82 Å². The monoisotopic (exact) mass is 243 g/mol. The third-order valence-electron chi connectivity index (χ3n) is 2.59. The average Bonchev–Trinajstić information content (AvgIpc) is 2.80. The summed E-state index contributed by atoms with van der Waals surface area (Å²) < 4.78 is 1.57. The van der Waals surface area contributed by atoms with Crippen molar-refractivity contribution in [1.82, 2.24) is 9.55 Å². The Labute approximate surface area is 105 Å². The summed E-state index contributed by atoms with van der Waals surface area (Å²) in [4.78, 5) is 14.4. The van der Waals surface area contributed by atoms with E-state index in [2.05, 4.69) is 4.98 Å². The second-order valence-electron chi connectivity index (χ2n) is 3.72. The topological polar surface area (TPSA) is 61.0 Å². The molecule has 0 bridgehead atoms. The zero-order valence-electron chi connectivity index (χ0n) is 9.98. The Kier molecular flexibility index (Phi) is 3.52. The van der Waals surface area contributed by atoms with Crippen molar-refractivity contribution in [2.24, 2.45) is 0 Å². The van der Waals surface area contributed by atoms with Crippen LogP contribution < -0.4 is 0 Å². The number of hydrogen-bond donors (Lipinski definition) is 0. The van der Waals surface area contributed by atoms with Crippen molar-refractivity contribution < 1.29 is 4.92 Å². The zero-order chi connectivity index (χ0) is 13.0. The van der Waals surface area contributed by atoms with Crippen LogP contribution in [-0.2, 0) is 6.54 Å². The van der Waals surface area contributed by atoms with Gasteiger partial charge in [0.2, 0.25) is 5.82 Å². The van der Waals surface area contributed by atoms with Gasteiger partial charge in [-0.15, -0.1) is 0 Å². The zero-order valence-corrected chi connectivity index (χ0v) is 9.98. The van der Waals surface area contributed by atoms with Crippen LogP contribution in [0.4, 0.5) is 5.82 Å². The predicted molar refractivity (Wildman–Crippen MR) is 69.9 cm³/mol. The number of nitrogens with zero attached hydrogens (tertiary/aromatic N) is 3.